The molecule has 0 atom stereocenters. The Kier molecular flexibility index (Phi) is 4.91. The smallest absolute Gasteiger partial charge is 0.357 e. The lowest BCUT2D eigenvalue weighted by molar-refractivity contribution is 0.0593. The van der Waals surface area contributed by atoms with Gasteiger partial charge in [0, 0.05) is 6.20 Å². The summed E-state index contributed by atoms with van der Waals surface area (Å²) >= 11 is 0. The third-order valence-corrected chi connectivity index (χ3v) is 3.24. The van der Waals surface area contributed by atoms with Gasteiger partial charge in [-0.1, -0.05) is 26.0 Å². The first kappa shape index (κ1) is 16.4. The highest BCUT2D eigenvalue weighted by molar-refractivity contribution is 5.96. The Labute approximate surface area is 135 Å². The molecule has 6 heteroatoms. The zero-order chi connectivity index (χ0) is 17.0. The van der Waals surface area contributed by atoms with Crippen molar-refractivity contribution in [3.63, 3.8) is 0 Å². The summed E-state index contributed by atoms with van der Waals surface area (Å²) in [6.07, 6.45) is 1.51. The molecule has 0 fully saturated rings. The van der Waals surface area contributed by atoms with Gasteiger partial charge in [-0.05, 0) is 18.1 Å². The normalized spacial score (nSPS) is 10.4. The fourth-order valence-electron chi connectivity index (χ4n) is 2.14. The van der Waals surface area contributed by atoms with Crippen LogP contribution >= 0.6 is 0 Å². The molecule has 1 aromatic carbocycles. The number of nitriles is 1. The zero-order valence-electron chi connectivity index (χ0n) is 13.4. The lowest BCUT2D eigenvalue weighted by atomic mass is 10.2. The van der Waals surface area contributed by atoms with Gasteiger partial charge in [-0.2, -0.15) is 5.26 Å². The Morgan fingerprint density at radius 2 is 2.09 bits per heavy atom. The summed E-state index contributed by atoms with van der Waals surface area (Å²) in [5.74, 6) is 0.348. The van der Waals surface area contributed by atoms with Gasteiger partial charge in [0.2, 0.25) is 0 Å². The van der Waals surface area contributed by atoms with E-state index in [1.54, 1.807) is 12.1 Å². The maximum atomic E-state index is 12.1. The first-order valence-corrected chi connectivity index (χ1v) is 7.21. The maximum Gasteiger partial charge on any atom is 0.357 e. The predicted molar refractivity (Wildman–Crippen MR) is 86.6 cm³/mol. The predicted octanol–water partition coefficient (Wildman–Crippen LogP) is 2.75. The molecule has 0 amide bonds. The Bertz CT molecular complexity index is 757. The number of methoxy groups -OCH3 is 1. The first-order valence-electron chi connectivity index (χ1n) is 7.21. The van der Waals surface area contributed by atoms with Gasteiger partial charge in [-0.3, -0.25) is 0 Å². The molecular weight excluding hydrogens is 294 g/mol. The molecule has 0 bridgehead atoms. The molecule has 23 heavy (non-hydrogen) atoms. The monoisotopic (exact) mass is 313 g/mol. The van der Waals surface area contributed by atoms with Crippen LogP contribution in [-0.4, -0.2) is 24.3 Å². The van der Waals surface area contributed by atoms with E-state index in [1.165, 1.54) is 17.9 Å². The number of rotatable bonds is 5. The van der Waals surface area contributed by atoms with E-state index in [1.807, 2.05) is 32.0 Å². The van der Waals surface area contributed by atoms with Crippen LogP contribution in [0.2, 0.25) is 0 Å². The summed E-state index contributed by atoms with van der Waals surface area (Å²) in [6.45, 7) is 4.63. The third-order valence-electron chi connectivity index (χ3n) is 3.24. The number of nitrogen functional groups attached to an aromatic ring is 1. The number of aromatic nitrogens is 1. The fraction of sp³-hybridized carbons (Fsp3) is 0.294. The number of nitrogens with zero attached hydrogens (tertiary/aromatic N) is 2. The minimum Gasteiger partial charge on any atom is -0.491 e. The van der Waals surface area contributed by atoms with E-state index in [0.717, 1.165) is 0 Å². The van der Waals surface area contributed by atoms with Crippen molar-refractivity contribution in [2.45, 2.75) is 13.8 Å². The molecule has 1 aromatic heterocycles. The van der Waals surface area contributed by atoms with E-state index in [-0.39, 0.29) is 16.9 Å². The van der Waals surface area contributed by atoms with Crippen molar-refractivity contribution in [2.24, 2.45) is 5.92 Å². The van der Waals surface area contributed by atoms with Crippen LogP contribution in [0.3, 0.4) is 0 Å². The van der Waals surface area contributed by atoms with Gasteiger partial charge in [-0.25, -0.2) is 4.79 Å². The average molecular weight is 313 g/mol. The molecule has 0 aliphatic carbocycles. The number of nitrogens with two attached hydrogens (primary N) is 1. The standard InChI is InChI=1S/C17H19N3O3/c1-11(2)10-23-14-7-5-4-6-13(14)20-9-12(8-18)15(19)16(20)17(21)22-3/h4-7,9,11H,10,19H2,1-3H3. The van der Waals surface area contributed by atoms with Gasteiger partial charge in [0.1, 0.15) is 11.8 Å². The molecule has 120 valence electrons. The van der Waals surface area contributed by atoms with Crippen LogP contribution in [0.5, 0.6) is 5.75 Å². The third kappa shape index (κ3) is 3.29. The van der Waals surface area contributed by atoms with Gasteiger partial charge in [0.05, 0.1) is 30.7 Å². The lowest BCUT2D eigenvalue weighted by Gasteiger charge is -2.15. The largest absolute Gasteiger partial charge is 0.491 e. The summed E-state index contributed by atoms with van der Waals surface area (Å²) in [4.78, 5) is 12.1. The van der Waals surface area contributed by atoms with E-state index in [9.17, 15) is 10.1 Å². The van der Waals surface area contributed by atoms with E-state index in [2.05, 4.69) is 0 Å². The molecular formula is C17H19N3O3. The summed E-state index contributed by atoms with van der Waals surface area (Å²) in [6, 6.07) is 9.24. The molecule has 0 saturated heterocycles. The Morgan fingerprint density at radius 1 is 1.39 bits per heavy atom. The minimum atomic E-state index is -0.609. The number of para-hydroxylation sites is 2. The molecule has 0 spiro atoms. The number of carbonyl (C=O) groups is 1. The van der Waals surface area contributed by atoms with Crippen molar-refractivity contribution in [3.05, 3.63) is 41.7 Å². The average Bonchev–Trinajstić information content (AvgIpc) is 2.88. The second-order valence-electron chi connectivity index (χ2n) is 5.45. The van der Waals surface area contributed by atoms with Crippen LogP contribution in [-0.2, 0) is 4.74 Å². The summed E-state index contributed by atoms with van der Waals surface area (Å²) in [5.41, 5.74) is 6.97. The highest BCUT2D eigenvalue weighted by atomic mass is 16.5. The SMILES string of the molecule is COC(=O)c1c(N)c(C#N)cn1-c1ccccc1OCC(C)C. The Hall–Kier alpha value is -2.94. The number of hydrogen-bond acceptors (Lipinski definition) is 5. The highest BCUT2D eigenvalue weighted by Crippen LogP contribution is 2.30. The van der Waals surface area contributed by atoms with Gasteiger partial charge >= 0.3 is 5.97 Å². The first-order chi connectivity index (χ1) is 11.0. The van der Waals surface area contributed by atoms with Gasteiger partial charge in [0.15, 0.2) is 5.69 Å². The van der Waals surface area contributed by atoms with Crippen LogP contribution in [0, 0.1) is 17.2 Å². The van der Waals surface area contributed by atoms with Crippen LogP contribution in [0.1, 0.15) is 29.9 Å². The van der Waals surface area contributed by atoms with Crippen molar-refractivity contribution in [1.82, 2.24) is 4.57 Å². The fourth-order valence-corrected chi connectivity index (χ4v) is 2.14. The van der Waals surface area contributed by atoms with Gasteiger partial charge < -0.3 is 19.8 Å². The topological polar surface area (TPSA) is 90.3 Å². The van der Waals surface area contributed by atoms with Crippen molar-refractivity contribution in [3.8, 4) is 17.5 Å². The van der Waals surface area contributed by atoms with Crippen molar-refractivity contribution in [2.75, 3.05) is 19.5 Å². The zero-order valence-corrected chi connectivity index (χ0v) is 13.4. The summed E-state index contributed by atoms with van der Waals surface area (Å²) < 4.78 is 12.1. The second kappa shape index (κ2) is 6.88. The number of anilines is 1. The molecule has 0 radical (unpaired) electrons. The molecule has 2 N–H and O–H groups in total. The number of ether oxygens (including phenoxy) is 2. The molecule has 1 heterocycles. The molecule has 0 aliphatic rings. The molecule has 0 saturated carbocycles. The highest BCUT2D eigenvalue weighted by Gasteiger charge is 2.23. The van der Waals surface area contributed by atoms with E-state index in [0.29, 0.717) is 24.0 Å². The number of hydrogen-bond donors (Lipinski definition) is 1. The van der Waals surface area contributed by atoms with Crippen LogP contribution in [0.15, 0.2) is 30.5 Å². The number of benzene rings is 1. The van der Waals surface area contributed by atoms with E-state index in [4.69, 9.17) is 15.2 Å². The van der Waals surface area contributed by atoms with Crippen LogP contribution in [0.4, 0.5) is 5.69 Å². The Balaban J connectivity index is 2.59. The van der Waals surface area contributed by atoms with Crippen LogP contribution < -0.4 is 10.5 Å². The maximum absolute atomic E-state index is 12.1. The van der Waals surface area contributed by atoms with Crippen molar-refractivity contribution >= 4 is 11.7 Å². The molecule has 6 nitrogen and oxygen atoms in total. The number of esters is 1. The summed E-state index contributed by atoms with van der Waals surface area (Å²) in [7, 11) is 1.27. The van der Waals surface area contributed by atoms with E-state index < -0.39 is 5.97 Å². The van der Waals surface area contributed by atoms with Gasteiger partial charge in [-0.15, -0.1) is 0 Å². The quantitative estimate of drug-likeness (QED) is 0.857. The van der Waals surface area contributed by atoms with E-state index >= 15 is 0 Å². The molecule has 2 aromatic rings. The molecule has 2 rings (SSSR count). The Morgan fingerprint density at radius 3 is 2.70 bits per heavy atom. The molecule has 0 aliphatic heterocycles. The van der Waals surface area contributed by atoms with Crippen LogP contribution in [0.25, 0.3) is 5.69 Å². The van der Waals surface area contributed by atoms with Gasteiger partial charge in [0.25, 0.3) is 0 Å². The lowest BCUT2D eigenvalue weighted by Crippen LogP contribution is -2.13. The summed E-state index contributed by atoms with van der Waals surface area (Å²) in [5, 5.41) is 9.18. The second-order valence-corrected chi connectivity index (χ2v) is 5.45. The van der Waals surface area contributed by atoms with Crippen molar-refractivity contribution < 1.29 is 14.3 Å². The minimum absolute atomic E-state index is 0.0954. The molecule has 0 unspecified atom stereocenters. The number of carbonyl (C=O) groups excluding carboxylic acids is 1. The van der Waals surface area contributed by atoms with Crippen molar-refractivity contribution in [1.29, 1.82) is 5.26 Å².